The zero-order valence-electron chi connectivity index (χ0n) is 12.8. The molecular weight excluding hydrogens is 230 g/mol. The largest absolute Gasteiger partial charge is 0.444 e. The van der Waals surface area contributed by atoms with Crippen LogP contribution in [-0.4, -0.2) is 36.5 Å². The molecule has 0 bridgehead atoms. The van der Waals surface area contributed by atoms with Crippen LogP contribution in [0.1, 0.15) is 60.3 Å². The van der Waals surface area contributed by atoms with Gasteiger partial charge in [-0.05, 0) is 33.6 Å². The minimum absolute atomic E-state index is 0.184. The highest BCUT2D eigenvalue weighted by molar-refractivity contribution is 5.68. The average Bonchev–Trinajstić information content (AvgIpc) is 2.25. The fourth-order valence-corrected chi connectivity index (χ4v) is 1.65. The monoisotopic (exact) mass is 259 g/mol. The van der Waals surface area contributed by atoms with Gasteiger partial charge in [0, 0.05) is 13.7 Å². The molecule has 0 saturated carbocycles. The predicted octanol–water partition coefficient (Wildman–Crippen LogP) is 3.80. The zero-order valence-corrected chi connectivity index (χ0v) is 12.8. The standard InChI is InChI=1S/C14H29NO3/c1-7-9-11-15(12(17-6)10-8-2)13(16)18-14(3,4)5/h12H,7-11H2,1-6H3. The molecule has 0 fully saturated rings. The van der Waals surface area contributed by atoms with E-state index in [4.69, 9.17) is 9.47 Å². The van der Waals surface area contributed by atoms with Crippen LogP contribution in [0.5, 0.6) is 0 Å². The van der Waals surface area contributed by atoms with E-state index in [-0.39, 0.29) is 12.3 Å². The minimum Gasteiger partial charge on any atom is -0.444 e. The first-order valence-electron chi connectivity index (χ1n) is 6.88. The summed E-state index contributed by atoms with van der Waals surface area (Å²) in [6, 6.07) is 0. The van der Waals surface area contributed by atoms with Gasteiger partial charge in [-0.2, -0.15) is 0 Å². The summed E-state index contributed by atoms with van der Waals surface area (Å²) < 4.78 is 10.8. The topological polar surface area (TPSA) is 38.8 Å². The van der Waals surface area contributed by atoms with Gasteiger partial charge in [0.05, 0.1) is 0 Å². The number of ether oxygens (including phenoxy) is 2. The van der Waals surface area contributed by atoms with Crippen LogP contribution in [0.3, 0.4) is 0 Å². The molecule has 0 N–H and O–H groups in total. The third-order valence-electron chi connectivity index (χ3n) is 2.54. The molecule has 0 aromatic rings. The molecule has 0 aliphatic heterocycles. The summed E-state index contributed by atoms with van der Waals surface area (Å²) in [5, 5.41) is 0. The van der Waals surface area contributed by atoms with Crippen molar-refractivity contribution in [3.8, 4) is 0 Å². The van der Waals surface area contributed by atoms with E-state index in [1.165, 1.54) is 0 Å². The van der Waals surface area contributed by atoms with Crippen molar-refractivity contribution >= 4 is 6.09 Å². The smallest absolute Gasteiger partial charge is 0.412 e. The Bertz CT molecular complexity index is 236. The van der Waals surface area contributed by atoms with Crippen LogP contribution >= 0.6 is 0 Å². The molecule has 4 heteroatoms. The summed E-state index contributed by atoms with van der Waals surface area (Å²) in [7, 11) is 1.64. The molecule has 0 rings (SSSR count). The Kier molecular flexibility index (Phi) is 8.00. The molecule has 108 valence electrons. The van der Waals surface area contributed by atoms with Gasteiger partial charge in [-0.1, -0.05) is 26.7 Å². The molecule has 0 radical (unpaired) electrons. The van der Waals surface area contributed by atoms with Gasteiger partial charge in [0.25, 0.3) is 0 Å². The molecule has 1 atom stereocenters. The molecule has 0 aliphatic carbocycles. The van der Waals surface area contributed by atoms with Crippen LogP contribution in [0.2, 0.25) is 0 Å². The van der Waals surface area contributed by atoms with Crippen molar-refractivity contribution in [2.24, 2.45) is 0 Å². The van der Waals surface area contributed by atoms with E-state index >= 15 is 0 Å². The maximum Gasteiger partial charge on any atom is 0.412 e. The van der Waals surface area contributed by atoms with E-state index < -0.39 is 5.60 Å². The van der Waals surface area contributed by atoms with Crippen LogP contribution in [-0.2, 0) is 9.47 Å². The lowest BCUT2D eigenvalue weighted by Gasteiger charge is -2.32. The second kappa shape index (κ2) is 8.35. The fraction of sp³-hybridized carbons (Fsp3) is 0.929. The molecule has 0 saturated heterocycles. The van der Waals surface area contributed by atoms with Gasteiger partial charge < -0.3 is 9.47 Å². The fourth-order valence-electron chi connectivity index (χ4n) is 1.65. The second-order valence-electron chi connectivity index (χ2n) is 5.51. The van der Waals surface area contributed by atoms with E-state index in [9.17, 15) is 4.79 Å². The van der Waals surface area contributed by atoms with Crippen LogP contribution in [0, 0.1) is 0 Å². The number of carbonyl (C=O) groups is 1. The van der Waals surface area contributed by atoms with Crippen molar-refractivity contribution in [3.05, 3.63) is 0 Å². The van der Waals surface area contributed by atoms with Crippen molar-refractivity contribution in [2.45, 2.75) is 72.1 Å². The molecule has 4 nitrogen and oxygen atoms in total. The van der Waals surface area contributed by atoms with Crippen LogP contribution in [0.4, 0.5) is 4.79 Å². The van der Waals surface area contributed by atoms with Crippen LogP contribution in [0.15, 0.2) is 0 Å². The Labute approximate surface area is 112 Å². The summed E-state index contributed by atoms with van der Waals surface area (Å²) in [6.07, 6.45) is 3.35. The summed E-state index contributed by atoms with van der Waals surface area (Å²) >= 11 is 0. The van der Waals surface area contributed by atoms with Gasteiger partial charge in [0.2, 0.25) is 0 Å². The Hall–Kier alpha value is -0.770. The lowest BCUT2D eigenvalue weighted by Crippen LogP contribution is -2.44. The number of methoxy groups -OCH3 is 1. The van der Waals surface area contributed by atoms with Gasteiger partial charge in [0.15, 0.2) is 0 Å². The molecule has 1 unspecified atom stereocenters. The number of hydrogen-bond acceptors (Lipinski definition) is 3. The normalized spacial score (nSPS) is 13.2. The molecule has 0 spiro atoms. The predicted molar refractivity (Wildman–Crippen MR) is 73.6 cm³/mol. The summed E-state index contributed by atoms with van der Waals surface area (Å²) in [5.74, 6) is 0. The van der Waals surface area contributed by atoms with E-state index in [2.05, 4.69) is 13.8 Å². The molecule has 0 aromatic heterocycles. The highest BCUT2D eigenvalue weighted by Crippen LogP contribution is 2.15. The number of unbranched alkanes of at least 4 members (excludes halogenated alkanes) is 1. The van der Waals surface area contributed by atoms with Gasteiger partial charge in [0.1, 0.15) is 11.8 Å². The average molecular weight is 259 g/mol. The van der Waals surface area contributed by atoms with Crippen molar-refractivity contribution in [2.75, 3.05) is 13.7 Å². The molecule has 0 aliphatic rings. The van der Waals surface area contributed by atoms with Crippen molar-refractivity contribution in [3.63, 3.8) is 0 Å². The second-order valence-corrected chi connectivity index (χ2v) is 5.51. The number of hydrogen-bond donors (Lipinski definition) is 0. The van der Waals surface area contributed by atoms with E-state index in [1.54, 1.807) is 12.0 Å². The van der Waals surface area contributed by atoms with Crippen LogP contribution < -0.4 is 0 Å². The van der Waals surface area contributed by atoms with Crippen molar-refractivity contribution < 1.29 is 14.3 Å². The van der Waals surface area contributed by atoms with Gasteiger partial charge >= 0.3 is 6.09 Å². The maximum atomic E-state index is 12.2. The number of rotatable bonds is 7. The molecular formula is C14H29NO3. The highest BCUT2D eigenvalue weighted by Gasteiger charge is 2.27. The minimum atomic E-state index is -0.466. The SMILES string of the molecule is CCCCN(C(=O)OC(C)(C)C)C(CCC)OC. The number of carbonyl (C=O) groups excluding carboxylic acids is 1. The highest BCUT2D eigenvalue weighted by atomic mass is 16.6. The third kappa shape index (κ3) is 6.84. The Balaban J connectivity index is 4.68. The quantitative estimate of drug-likeness (QED) is 0.653. The number of amides is 1. The third-order valence-corrected chi connectivity index (χ3v) is 2.54. The number of nitrogens with zero attached hydrogens (tertiary/aromatic N) is 1. The first-order chi connectivity index (χ1) is 8.35. The molecule has 0 heterocycles. The Morgan fingerprint density at radius 2 is 1.83 bits per heavy atom. The maximum absolute atomic E-state index is 12.2. The first kappa shape index (κ1) is 17.2. The van der Waals surface area contributed by atoms with Gasteiger partial charge in [-0.25, -0.2) is 4.79 Å². The van der Waals surface area contributed by atoms with Gasteiger partial charge in [-0.3, -0.25) is 4.90 Å². The Morgan fingerprint density at radius 3 is 2.22 bits per heavy atom. The van der Waals surface area contributed by atoms with Crippen molar-refractivity contribution in [1.29, 1.82) is 0 Å². The first-order valence-corrected chi connectivity index (χ1v) is 6.88. The summed E-state index contributed by atoms with van der Waals surface area (Å²) in [5.41, 5.74) is -0.466. The summed E-state index contributed by atoms with van der Waals surface area (Å²) in [6.45, 7) is 10.5. The van der Waals surface area contributed by atoms with E-state index in [0.29, 0.717) is 6.54 Å². The van der Waals surface area contributed by atoms with E-state index in [0.717, 1.165) is 25.7 Å². The lowest BCUT2D eigenvalue weighted by molar-refractivity contribution is -0.0532. The van der Waals surface area contributed by atoms with E-state index in [1.807, 2.05) is 20.8 Å². The molecule has 1 amide bonds. The van der Waals surface area contributed by atoms with Crippen molar-refractivity contribution in [1.82, 2.24) is 4.90 Å². The van der Waals surface area contributed by atoms with Gasteiger partial charge in [-0.15, -0.1) is 0 Å². The summed E-state index contributed by atoms with van der Waals surface area (Å²) in [4.78, 5) is 13.9. The Morgan fingerprint density at radius 1 is 1.22 bits per heavy atom. The molecule has 0 aromatic carbocycles. The van der Waals surface area contributed by atoms with Crippen LogP contribution in [0.25, 0.3) is 0 Å². The lowest BCUT2D eigenvalue weighted by atomic mass is 10.2. The zero-order chi connectivity index (χ0) is 14.2. The molecule has 18 heavy (non-hydrogen) atoms.